The summed E-state index contributed by atoms with van der Waals surface area (Å²) < 4.78 is 6.05. The topological polar surface area (TPSA) is 21.3 Å². The first-order valence-electron chi connectivity index (χ1n) is 4.24. The summed E-state index contributed by atoms with van der Waals surface area (Å²) in [6.45, 7) is 3.02. The smallest absolute Gasteiger partial charge is 0.219 e. The van der Waals surface area contributed by atoms with Gasteiger partial charge in [-0.1, -0.05) is 11.8 Å². The van der Waals surface area contributed by atoms with Gasteiger partial charge in [0.05, 0.1) is 6.61 Å². The predicted octanol–water partition coefficient (Wildman–Crippen LogP) is 1.65. The predicted molar refractivity (Wildman–Crippen MR) is 57.7 cm³/mol. The molecule has 1 N–H and O–H groups in total. The number of nitrogens with one attached hydrogen (secondary N) is 1. The van der Waals surface area contributed by atoms with Gasteiger partial charge in [0, 0.05) is 12.5 Å². The molecule has 1 saturated heterocycles. The Morgan fingerprint density at radius 1 is 1.75 bits per heavy atom. The third-order valence-corrected chi connectivity index (χ3v) is 3.07. The van der Waals surface area contributed by atoms with Crippen molar-refractivity contribution in [1.82, 2.24) is 5.32 Å². The Hall–Kier alpha value is 0.200. The number of hydrogen-bond donors (Lipinski definition) is 1. The number of hydrogen-bond acceptors (Lipinski definition) is 4. The van der Waals surface area contributed by atoms with E-state index in [4.69, 9.17) is 17.0 Å². The summed E-state index contributed by atoms with van der Waals surface area (Å²) in [5, 5.41) is 3.35. The lowest BCUT2D eigenvalue weighted by Crippen LogP contribution is -2.32. The Kier molecular flexibility index (Phi) is 4.95. The number of thioether (sulfide) groups is 1. The maximum absolute atomic E-state index is 5.39. The van der Waals surface area contributed by atoms with Gasteiger partial charge in [-0.3, -0.25) is 0 Å². The van der Waals surface area contributed by atoms with E-state index in [0.29, 0.717) is 10.3 Å². The third kappa shape index (κ3) is 3.74. The fourth-order valence-electron chi connectivity index (χ4n) is 1.31. The number of rotatable bonds is 2. The summed E-state index contributed by atoms with van der Waals surface area (Å²) in [4.78, 5) is 0. The second-order valence-electron chi connectivity index (χ2n) is 2.98. The van der Waals surface area contributed by atoms with Gasteiger partial charge >= 0.3 is 0 Å². The van der Waals surface area contributed by atoms with Crippen LogP contribution in [0.1, 0.15) is 12.8 Å². The molecular formula is C8H15NOS2. The molecule has 4 heteroatoms. The Labute approximate surface area is 83.4 Å². The summed E-state index contributed by atoms with van der Waals surface area (Å²) in [5.74, 6) is 0.656. The van der Waals surface area contributed by atoms with E-state index in [1.807, 2.05) is 6.26 Å². The maximum atomic E-state index is 5.39. The molecule has 0 aromatic carbocycles. The minimum absolute atomic E-state index is 0.656. The van der Waals surface area contributed by atoms with Gasteiger partial charge in [-0.15, -0.1) is 0 Å². The molecule has 2 nitrogen and oxygen atoms in total. The molecule has 0 aromatic heterocycles. The molecule has 1 aliphatic heterocycles. The fraction of sp³-hybridized carbons (Fsp3) is 0.875. The first kappa shape index (κ1) is 10.3. The van der Waals surface area contributed by atoms with Gasteiger partial charge in [0.1, 0.15) is 0 Å². The Balaban J connectivity index is 2.09. The van der Waals surface area contributed by atoms with Crippen LogP contribution in [0.5, 0.6) is 0 Å². The van der Waals surface area contributed by atoms with Crippen molar-refractivity contribution in [1.29, 1.82) is 0 Å². The van der Waals surface area contributed by atoms with Gasteiger partial charge < -0.3 is 10.1 Å². The minimum atomic E-state index is 0.656. The second-order valence-corrected chi connectivity index (χ2v) is 4.39. The van der Waals surface area contributed by atoms with Crippen LogP contribution in [0.3, 0.4) is 0 Å². The van der Waals surface area contributed by atoms with E-state index in [0.717, 1.165) is 19.7 Å². The highest BCUT2D eigenvalue weighted by Gasteiger charge is 2.13. The lowest BCUT2D eigenvalue weighted by atomic mass is 10.0. The summed E-state index contributed by atoms with van der Waals surface area (Å²) in [5.41, 5.74) is 0. The standard InChI is InChI=1S/C8H15NOS2/c1-12-8(11)10-6-7-3-2-4-9-5-7/h7,9H,2-6H2,1H3. The van der Waals surface area contributed by atoms with Gasteiger partial charge in [0.15, 0.2) is 0 Å². The first-order chi connectivity index (χ1) is 5.83. The quantitative estimate of drug-likeness (QED) is 0.692. The molecule has 1 rings (SSSR count). The highest BCUT2D eigenvalue weighted by molar-refractivity contribution is 8.22. The van der Waals surface area contributed by atoms with Crippen molar-refractivity contribution in [3.63, 3.8) is 0 Å². The van der Waals surface area contributed by atoms with E-state index >= 15 is 0 Å². The zero-order valence-corrected chi connectivity index (χ0v) is 8.97. The average molecular weight is 205 g/mol. The molecule has 0 saturated carbocycles. The molecule has 1 unspecified atom stereocenters. The second kappa shape index (κ2) is 5.78. The Morgan fingerprint density at radius 2 is 2.58 bits per heavy atom. The summed E-state index contributed by atoms with van der Waals surface area (Å²) in [6.07, 6.45) is 4.48. The van der Waals surface area contributed by atoms with Crippen molar-refractivity contribution in [2.75, 3.05) is 26.0 Å². The lowest BCUT2D eigenvalue weighted by Gasteiger charge is -2.22. The van der Waals surface area contributed by atoms with Gasteiger partial charge in [0.25, 0.3) is 0 Å². The van der Waals surface area contributed by atoms with Crippen LogP contribution in [0.2, 0.25) is 0 Å². The summed E-state index contributed by atoms with van der Waals surface area (Å²) >= 11 is 6.45. The van der Waals surface area contributed by atoms with Crippen LogP contribution in [0.15, 0.2) is 0 Å². The van der Waals surface area contributed by atoms with E-state index in [1.165, 1.54) is 24.6 Å². The third-order valence-electron chi connectivity index (χ3n) is 2.00. The van der Waals surface area contributed by atoms with Crippen LogP contribution >= 0.6 is 24.0 Å². The van der Waals surface area contributed by atoms with Crippen LogP contribution in [0.25, 0.3) is 0 Å². The molecule has 0 radical (unpaired) electrons. The van der Waals surface area contributed by atoms with Crippen molar-refractivity contribution in [2.24, 2.45) is 5.92 Å². The van der Waals surface area contributed by atoms with E-state index in [-0.39, 0.29) is 0 Å². The number of piperidine rings is 1. The fourth-order valence-corrected chi connectivity index (χ4v) is 1.56. The van der Waals surface area contributed by atoms with Crippen LogP contribution < -0.4 is 5.32 Å². The zero-order chi connectivity index (χ0) is 8.81. The van der Waals surface area contributed by atoms with Crippen molar-refractivity contribution >= 4 is 28.4 Å². The van der Waals surface area contributed by atoms with Crippen molar-refractivity contribution < 1.29 is 4.74 Å². The number of thiocarbonyl (C=S) groups is 1. The molecule has 0 spiro atoms. The molecule has 1 heterocycles. The van der Waals surface area contributed by atoms with Crippen LogP contribution in [-0.4, -0.2) is 30.3 Å². The average Bonchev–Trinajstić information content (AvgIpc) is 2.16. The van der Waals surface area contributed by atoms with Crippen molar-refractivity contribution in [2.45, 2.75) is 12.8 Å². The van der Waals surface area contributed by atoms with E-state index in [9.17, 15) is 0 Å². The highest BCUT2D eigenvalue weighted by atomic mass is 32.2. The van der Waals surface area contributed by atoms with Gasteiger partial charge in [-0.2, -0.15) is 0 Å². The van der Waals surface area contributed by atoms with Crippen LogP contribution in [-0.2, 0) is 4.74 Å². The van der Waals surface area contributed by atoms with Crippen LogP contribution in [0.4, 0.5) is 0 Å². The van der Waals surface area contributed by atoms with Gasteiger partial charge in [0.2, 0.25) is 4.38 Å². The van der Waals surface area contributed by atoms with Crippen LogP contribution in [0, 0.1) is 5.92 Å². The summed E-state index contributed by atoms with van der Waals surface area (Å²) in [6, 6.07) is 0. The molecule has 0 aromatic rings. The van der Waals surface area contributed by atoms with Gasteiger partial charge in [-0.05, 0) is 37.9 Å². The molecular weight excluding hydrogens is 190 g/mol. The minimum Gasteiger partial charge on any atom is -0.478 e. The highest BCUT2D eigenvalue weighted by Crippen LogP contribution is 2.11. The maximum Gasteiger partial charge on any atom is 0.219 e. The zero-order valence-electron chi connectivity index (χ0n) is 7.34. The van der Waals surface area contributed by atoms with E-state index < -0.39 is 0 Å². The molecule has 0 bridgehead atoms. The van der Waals surface area contributed by atoms with Gasteiger partial charge in [-0.25, -0.2) is 0 Å². The molecule has 0 aliphatic carbocycles. The summed E-state index contributed by atoms with van der Waals surface area (Å²) in [7, 11) is 0. The molecule has 1 atom stereocenters. The van der Waals surface area contributed by atoms with Crippen molar-refractivity contribution in [3.05, 3.63) is 0 Å². The monoisotopic (exact) mass is 205 g/mol. The molecule has 1 fully saturated rings. The molecule has 0 amide bonds. The Morgan fingerprint density at radius 3 is 3.17 bits per heavy atom. The van der Waals surface area contributed by atoms with Crippen molar-refractivity contribution in [3.8, 4) is 0 Å². The SMILES string of the molecule is CSC(=S)OCC1CCCNC1. The molecule has 70 valence electrons. The van der Waals surface area contributed by atoms with E-state index in [1.54, 1.807) is 0 Å². The van der Waals surface area contributed by atoms with E-state index in [2.05, 4.69) is 5.32 Å². The lowest BCUT2D eigenvalue weighted by molar-refractivity contribution is 0.218. The molecule has 12 heavy (non-hydrogen) atoms. The largest absolute Gasteiger partial charge is 0.478 e. The number of ether oxygens (including phenoxy) is 1. The molecule has 1 aliphatic rings. The normalized spacial score (nSPS) is 23.6. The Bertz CT molecular complexity index is 146. The first-order valence-corrected chi connectivity index (χ1v) is 5.87.